The third-order valence-electron chi connectivity index (χ3n) is 4.60. The Balaban J connectivity index is 1.83. The van der Waals surface area contributed by atoms with Crippen LogP contribution in [-0.4, -0.2) is 54.5 Å². The van der Waals surface area contributed by atoms with Crippen LogP contribution in [0.25, 0.3) is 0 Å². The number of likely N-dealkylation sites (tertiary alicyclic amines) is 1. The molecule has 134 valence electrons. The topological polar surface area (TPSA) is 134 Å². The number of H-pyrrole nitrogens is 1. The summed E-state index contributed by atoms with van der Waals surface area (Å²) in [6.07, 6.45) is 1.66. The van der Waals surface area contributed by atoms with E-state index < -0.39 is 22.9 Å². The second-order valence-electron chi connectivity index (χ2n) is 6.45. The zero-order chi connectivity index (χ0) is 18.2. The van der Waals surface area contributed by atoms with Crippen LogP contribution in [0.1, 0.15) is 30.8 Å². The van der Waals surface area contributed by atoms with Crippen LogP contribution in [0.15, 0.2) is 26.5 Å². The summed E-state index contributed by atoms with van der Waals surface area (Å²) in [4.78, 5) is 39.6. The Hall–Kier alpha value is -2.75. The van der Waals surface area contributed by atoms with Gasteiger partial charge in [0.1, 0.15) is 11.4 Å². The number of rotatable bonds is 3. The number of hydrogen-bond donors (Lipinski definition) is 2. The van der Waals surface area contributed by atoms with Gasteiger partial charge in [-0.25, -0.2) is 9.42 Å². The third-order valence-corrected chi connectivity index (χ3v) is 4.60. The number of carbonyl (C=O) groups excluding carboxylic acids is 1. The maximum atomic E-state index is 12.5. The van der Waals surface area contributed by atoms with Crippen molar-refractivity contribution < 1.29 is 14.5 Å². The van der Waals surface area contributed by atoms with Gasteiger partial charge in [0.15, 0.2) is 0 Å². The monoisotopic (exact) mass is 349 g/mol. The van der Waals surface area contributed by atoms with Crippen molar-refractivity contribution >= 4 is 5.91 Å². The van der Waals surface area contributed by atoms with E-state index in [-0.39, 0.29) is 18.9 Å². The summed E-state index contributed by atoms with van der Waals surface area (Å²) < 4.78 is 5.85. The number of hydrogen-bond acceptors (Lipinski definition) is 7. The van der Waals surface area contributed by atoms with Gasteiger partial charge < -0.3 is 10.0 Å². The average molecular weight is 349 g/mol. The molecule has 10 heteroatoms. The molecule has 2 aromatic rings. The van der Waals surface area contributed by atoms with Gasteiger partial charge >= 0.3 is 5.69 Å². The van der Waals surface area contributed by atoms with Crippen molar-refractivity contribution in [2.45, 2.75) is 38.3 Å². The van der Waals surface area contributed by atoms with Crippen molar-refractivity contribution in [2.75, 3.05) is 13.1 Å². The Morgan fingerprint density at radius 1 is 1.48 bits per heavy atom. The number of aryl methyl sites for hydroxylation is 1. The Labute approximate surface area is 142 Å². The molecule has 1 saturated heterocycles. The number of piperidine rings is 1. The molecule has 1 aliphatic rings. The molecule has 0 saturated carbocycles. The average Bonchev–Trinajstić information content (AvgIpc) is 2.93. The molecular formula is C15H19N5O5. The van der Waals surface area contributed by atoms with Gasteiger partial charge in [-0.1, -0.05) is 10.3 Å². The van der Waals surface area contributed by atoms with Crippen molar-refractivity contribution in [3.63, 3.8) is 0 Å². The minimum atomic E-state index is -1.19. The normalized spacial score (nSPS) is 23.6. The zero-order valence-electron chi connectivity index (χ0n) is 13.9. The first-order chi connectivity index (χ1) is 11.8. The second-order valence-corrected chi connectivity index (χ2v) is 6.45. The van der Waals surface area contributed by atoms with Gasteiger partial charge in [-0.3, -0.25) is 19.1 Å². The molecule has 1 amide bonds. The van der Waals surface area contributed by atoms with E-state index in [9.17, 15) is 19.5 Å². The quantitative estimate of drug-likeness (QED) is 0.725. The highest BCUT2D eigenvalue weighted by atomic mass is 16.6. The lowest BCUT2D eigenvalue weighted by atomic mass is 9.88. The summed E-state index contributed by atoms with van der Waals surface area (Å²) in [7, 11) is 0. The highest BCUT2D eigenvalue weighted by Crippen LogP contribution is 2.30. The molecule has 2 atom stereocenters. The van der Waals surface area contributed by atoms with Crippen LogP contribution in [0.4, 0.5) is 0 Å². The minimum absolute atomic E-state index is 0.0325. The number of aromatic nitrogens is 4. The number of aromatic amines is 1. The zero-order valence-corrected chi connectivity index (χ0v) is 13.9. The number of nitrogens with zero attached hydrogens (tertiary/aromatic N) is 4. The molecule has 1 aliphatic heterocycles. The second kappa shape index (κ2) is 6.28. The Bertz CT molecular complexity index is 896. The van der Waals surface area contributed by atoms with E-state index in [0.717, 1.165) is 0 Å². The van der Waals surface area contributed by atoms with E-state index in [1.165, 1.54) is 16.8 Å². The molecule has 0 radical (unpaired) electrons. The first kappa shape index (κ1) is 17.1. The maximum absolute atomic E-state index is 12.5. The lowest BCUT2D eigenvalue weighted by Crippen LogP contribution is -2.55. The number of nitrogens with one attached hydrogen (secondary N) is 1. The van der Waals surface area contributed by atoms with Gasteiger partial charge in [0, 0.05) is 25.4 Å². The lowest BCUT2D eigenvalue weighted by Gasteiger charge is -2.43. The van der Waals surface area contributed by atoms with Crippen molar-refractivity contribution in [2.24, 2.45) is 0 Å². The number of carbonyl (C=O) groups is 1. The molecule has 3 rings (SSSR count). The van der Waals surface area contributed by atoms with Gasteiger partial charge in [-0.2, -0.15) is 0 Å². The Kier molecular flexibility index (Phi) is 4.29. The van der Waals surface area contributed by atoms with Crippen molar-refractivity contribution in [3.8, 4) is 0 Å². The predicted molar refractivity (Wildman–Crippen MR) is 84.9 cm³/mol. The van der Waals surface area contributed by atoms with Crippen molar-refractivity contribution in [1.82, 2.24) is 24.8 Å². The van der Waals surface area contributed by atoms with Gasteiger partial charge in [-0.05, 0) is 20.3 Å². The molecule has 0 aliphatic carbocycles. The van der Waals surface area contributed by atoms with Crippen molar-refractivity contribution in [1.29, 1.82) is 0 Å². The van der Waals surface area contributed by atoms with Gasteiger partial charge in [0.25, 0.3) is 5.56 Å². The van der Waals surface area contributed by atoms with E-state index in [2.05, 4.69) is 19.9 Å². The fraction of sp³-hybridized carbons (Fsp3) is 0.533. The van der Waals surface area contributed by atoms with Gasteiger partial charge in [0.05, 0.1) is 18.1 Å². The standard InChI is InChI=1S/C15H19N5O5/c1-9-10(18-25-17-9)7-13(22)19-6-4-15(2,24)11(8-19)20-5-3-12(21)16-14(20)23/h3,5,11,24H,4,6-8H2,1-2H3,(H,16,21,23)/t11-,15-/m1/s1. The minimum Gasteiger partial charge on any atom is -0.388 e. The van der Waals surface area contributed by atoms with E-state index >= 15 is 0 Å². The molecular weight excluding hydrogens is 330 g/mol. The summed E-state index contributed by atoms with van der Waals surface area (Å²) in [6.45, 7) is 3.80. The molecule has 10 nitrogen and oxygen atoms in total. The fourth-order valence-electron chi connectivity index (χ4n) is 2.98. The SMILES string of the molecule is Cc1nonc1CC(=O)N1CC[C@@](C)(O)[C@H](n2ccc(=O)[nH]c2=O)C1. The number of amides is 1. The molecule has 2 N–H and O–H groups in total. The van der Waals surface area contributed by atoms with Gasteiger partial charge in [-0.15, -0.1) is 0 Å². The Morgan fingerprint density at radius 2 is 2.24 bits per heavy atom. The van der Waals surface area contributed by atoms with Gasteiger partial charge in [0.2, 0.25) is 5.91 Å². The number of aliphatic hydroxyl groups is 1. The first-order valence-corrected chi connectivity index (χ1v) is 7.87. The smallest absolute Gasteiger partial charge is 0.328 e. The first-order valence-electron chi connectivity index (χ1n) is 7.87. The molecule has 0 spiro atoms. The molecule has 3 heterocycles. The van der Waals surface area contributed by atoms with E-state index in [4.69, 9.17) is 0 Å². The summed E-state index contributed by atoms with van der Waals surface area (Å²) in [6, 6.07) is 0.536. The summed E-state index contributed by atoms with van der Waals surface area (Å²) in [5, 5.41) is 18.0. The Morgan fingerprint density at radius 3 is 2.88 bits per heavy atom. The maximum Gasteiger partial charge on any atom is 0.328 e. The van der Waals surface area contributed by atoms with Crippen LogP contribution in [0.3, 0.4) is 0 Å². The largest absolute Gasteiger partial charge is 0.388 e. The lowest BCUT2D eigenvalue weighted by molar-refractivity contribution is -0.137. The molecule has 0 bridgehead atoms. The van der Waals surface area contributed by atoms with E-state index in [0.29, 0.717) is 24.4 Å². The molecule has 1 fully saturated rings. The molecule has 0 unspecified atom stereocenters. The van der Waals surface area contributed by atoms with E-state index in [1.807, 2.05) is 0 Å². The van der Waals surface area contributed by atoms with E-state index in [1.54, 1.807) is 18.7 Å². The highest BCUT2D eigenvalue weighted by molar-refractivity contribution is 5.78. The fourth-order valence-corrected chi connectivity index (χ4v) is 2.98. The van der Waals surface area contributed by atoms with Crippen molar-refractivity contribution in [3.05, 3.63) is 44.5 Å². The van der Waals surface area contributed by atoms with Crippen LogP contribution in [0, 0.1) is 6.92 Å². The van der Waals surface area contributed by atoms with Crippen LogP contribution < -0.4 is 11.2 Å². The summed E-state index contributed by atoms with van der Waals surface area (Å²) in [5.74, 6) is -0.197. The third kappa shape index (κ3) is 3.38. The van der Waals surface area contributed by atoms with Crippen LogP contribution in [0.2, 0.25) is 0 Å². The predicted octanol–water partition coefficient (Wildman–Crippen LogP) is -1.00. The highest BCUT2D eigenvalue weighted by Gasteiger charge is 2.40. The van der Waals surface area contributed by atoms with Crippen LogP contribution in [0.5, 0.6) is 0 Å². The summed E-state index contributed by atoms with van der Waals surface area (Å²) >= 11 is 0. The molecule has 0 aromatic carbocycles. The molecule has 2 aromatic heterocycles. The molecule has 25 heavy (non-hydrogen) atoms. The summed E-state index contributed by atoms with van der Waals surface area (Å²) in [5.41, 5.74) is -1.32. The van der Waals surface area contributed by atoms with Crippen LogP contribution in [-0.2, 0) is 11.2 Å². The van der Waals surface area contributed by atoms with Crippen LogP contribution >= 0.6 is 0 Å².